The lowest BCUT2D eigenvalue weighted by Crippen LogP contribution is -2.06. The molecule has 1 aliphatic heterocycles. The van der Waals surface area contributed by atoms with Crippen molar-refractivity contribution in [2.45, 2.75) is 0 Å². The summed E-state index contributed by atoms with van der Waals surface area (Å²) in [5.74, 6) is 0. The van der Waals surface area contributed by atoms with Gasteiger partial charge in [0.1, 0.15) is 5.71 Å². The van der Waals surface area contributed by atoms with Crippen LogP contribution in [-0.2, 0) is 0 Å². The number of hydrogen-bond acceptors (Lipinski definition) is 3. The lowest BCUT2D eigenvalue weighted by atomic mass is 10.1. The molecule has 1 heterocycles. The minimum Gasteiger partial charge on any atom is -0.127 e. The van der Waals surface area contributed by atoms with Gasteiger partial charge in [0.2, 0.25) is 0 Å². The van der Waals surface area contributed by atoms with Crippen LogP contribution >= 0.6 is 12.2 Å². The van der Waals surface area contributed by atoms with Crippen LogP contribution in [0.15, 0.2) is 45.8 Å². The maximum Gasteiger partial charge on any atom is 0.178 e. The van der Waals surface area contributed by atoms with Crippen molar-refractivity contribution in [3.63, 3.8) is 0 Å². The third-order valence-corrected chi connectivity index (χ3v) is 1.81. The summed E-state index contributed by atoms with van der Waals surface area (Å²) in [5.41, 5.74) is 1.65. The standard InChI is InChI=1S/C8H5N3S/c12-8-7(9-11-10-8)6-4-2-1-3-5-6/h1-5H. The van der Waals surface area contributed by atoms with Crippen LogP contribution in [0.3, 0.4) is 0 Å². The van der Waals surface area contributed by atoms with Gasteiger partial charge in [-0.1, -0.05) is 42.5 Å². The van der Waals surface area contributed by atoms with Crippen LogP contribution in [0, 0.1) is 0 Å². The van der Waals surface area contributed by atoms with E-state index in [1.165, 1.54) is 0 Å². The summed E-state index contributed by atoms with van der Waals surface area (Å²) in [6, 6.07) is 9.66. The summed E-state index contributed by atoms with van der Waals surface area (Å²) < 4.78 is 0. The monoisotopic (exact) mass is 175 g/mol. The van der Waals surface area contributed by atoms with Crippen LogP contribution in [0.5, 0.6) is 0 Å². The number of hydrogen-bond donors (Lipinski definition) is 0. The molecule has 0 amide bonds. The molecule has 0 atom stereocenters. The number of benzene rings is 1. The summed E-state index contributed by atoms with van der Waals surface area (Å²) in [4.78, 5) is 0.459. The van der Waals surface area contributed by atoms with Crippen LogP contribution in [0.2, 0.25) is 0 Å². The molecule has 3 nitrogen and oxygen atoms in total. The summed E-state index contributed by atoms with van der Waals surface area (Å²) in [5, 5.41) is 11.0. The van der Waals surface area contributed by atoms with E-state index in [1.54, 1.807) is 0 Å². The third kappa shape index (κ3) is 1.16. The molecular weight excluding hydrogens is 170 g/mol. The van der Waals surface area contributed by atoms with Crippen molar-refractivity contribution in [2.24, 2.45) is 15.4 Å². The molecule has 2 rings (SSSR count). The molecule has 0 spiro atoms. The number of rotatable bonds is 1. The maximum absolute atomic E-state index is 4.93. The predicted octanol–water partition coefficient (Wildman–Crippen LogP) is 2.18. The average molecular weight is 175 g/mol. The summed E-state index contributed by atoms with van der Waals surface area (Å²) >= 11 is 4.93. The molecule has 0 radical (unpaired) electrons. The van der Waals surface area contributed by atoms with Crippen LogP contribution < -0.4 is 0 Å². The summed E-state index contributed by atoms with van der Waals surface area (Å²) in [6.45, 7) is 0. The second-order valence-electron chi connectivity index (χ2n) is 2.31. The highest BCUT2D eigenvalue weighted by atomic mass is 32.1. The molecule has 0 aliphatic carbocycles. The van der Waals surface area contributed by atoms with Gasteiger partial charge in [0.15, 0.2) is 4.99 Å². The highest BCUT2D eigenvalue weighted by molar-refractivity contribution is 7.82. The predicted molar refractivity (Wildman–Crippen MR) is 50.4 cm³/mol. The van der Waals surface area contributed by atoms with Crippen molar-refractivity contribution < 1.29 is 0 Å². The molecule has 1 aromatic rings. The highest BCUT2D eigenvalue weighted by Gasteiger charge is 2.12. The van der Waals surface area contributed by atoms with Gasteiger partial charge in [0.25, 0.3) is 0 Å². The van der Waals surface area contributed by atoms with Crippen molar-refractivity contribution in [1.82, 2.24) is 0 Å². The molecular formula is C8H5N3S. The fourth-order valence-corrected chi connectivity index (χ4v) is 1.17. The van der Waals surface area contributed by atoms with Crippen LogP contribution in [0.1, 0.15) is 5.56 Å². The Hall–Kier alpha value is -1.42. The van der Waals surface area contributed by atoms with Crippen LogP contribution in [0.4, 0.5) is 0 Å². The molecule has 1 aromatic carbocycles. The molecule has 58 valence electrons. The Balaban J connectivity index is 2.40. The first-order valence-electron chi connectivity index (χ1n) is 3.46. The quantitative estimate of drug-likeness (QED) is 0.603. The van der Waals surface area contributed by atoms with Gasteiger partial charge < -0.3 is 0 Å². The fraction of sp³-hybridized carbons (Fsp3) is 0. The Kier molecular flexibility index (Phi) is 1.75. The Morgan fingerprint density at radius 2 is 1.83 bits per heavy atom. The summed E-state index contributed by atoms with van der Waals surface area (Å²) in [6.07, 6.45) is 0. The molecule has 4 heteroatoms. The van der Waals surface area contributed by atoms with E-state index in [2.05, 4.69) is 15.4 Å². The molecule has 0 bridgehead atoms. The van der Waals surface area contributed by atoms with E-state index in [9.17, 15) is 0 Å². The maximum atomic E-state index is 4.93. The SMILES string of the molecule is S=C1N=NN=C1c1ccccc1. The van der Waals surface area contributed by atoms with Crippen molar-refractivity contribution in [3.8, 4) is 0 Å². The first-order chi connectivity index (χ1) is 5.88. The molecule has 0 unspecified atom stereocenters. The van der Waals surface area contributed by atoms with Gasteiger partial charge >= 0.3 is 0 Å². The van der Waals surface area contributed by atoms with E-state index in [1.807, 2.05) is 30.3 Å². The van der Waals surface area contributed by atoms with E-state index in [4.69, 9.17) is 12.2 Å². The van der Waals surface area contributed by atoms with Crippen LogP contribution in [0.25, 0.3) is 0 Å². The van der Waals surface area contributed by atoms with E-state index in [-0.39, 0.29) is 0 Å². The Bertz CT molecular complexity index is 367. The van der Waals surface area contributed by atoms with Gasteiger partial charge in [-0.25, -0.2) is 0 Å². The summed E-state index contributed by atoms with van der Waals surface area (Å²) in [7, 11) is 0. The van der Waals surface area contributed by atoms with E-state index >= 15 is 0 Å². The van der Waals surface area contributed by atoms with E-state index in [0.717, 1.165) is 5.56 Å². The zero-order valence-electron chi connectivity index (χ0n) is 6.14. The van der Waals surface area contributed by atoms with Crippen molar-refractivity contribution in [3.05, 3.63) is 35.9 Å². The first kappa shape index (κ1) is 7.24. The largest absolute Gasteiger partial charge is 0.178 e. The smallest absolute Gasteiger partial charge is 0.127 e. The minimum atomic E-state index is 0.459. The van der Waals surface area contributed by atoms with Crippen molar-refractivity contribution in [2.75, 3.05) is 0 Å². The van der Waals surface area contributed by atoms with Gasteiger partial charge in [0.05, 0.1) is 0 Å². The fourth-order valence-electron chi connectivity index (χ4n) is 0.975. The van der Waals surface area contributed by atoms with E-state index in [0.29, 0.717) is 10.7 Å². The Morgan fingerprint density at radius 1 is 1.08 bits per heavy atom. The zero-order valence-corrected chi connectivity index (χ0v) is 6.95. The van der Waals surface area contributed by atoms with Gasteiger partial charge in [-0.3, -0.25) is 0 Å². The molecule has 0 saturated heterocycles. The minimum absolute atomic E-state index is 0.459. The molecule has 12 heavy (non-hydrogen) atoms. The number of thiocarbonyl (C=S) groups is 1. The van der Waals surface area contributed by atoms with Crippen LogP contribution in [-0.4, -0.2) is 10.7 Å². The Labute approximate surface area is 74.8 Å². The van der Waals surface area contributed by atoms with Gasteiger partial charge in [-0.15, -0.1) is 10.2 Å². The van der Waals surface area contributed by atoms with Gasteiger partial charge in [-0.05, 0) is 5.22 Å². The normalized spacial score (nSPS) is 15.0. The third-order valence-electron chi connectivity index (χ3n) is 1.53. The van der Waals surface area contributed by atoms with Crippen molar-refractivity contribution in [1.29, 1.82) is 0 Å². The molecule has 1 aliphatic rings. The molecule has 0 fully saturated rings. The van der Waals surface area contributed by atoms with E-state index < -0.39 is 0 Å². The zero-order chi connectivity index (χ0) is 8.39. The topological polar surface area (TPSA) is 37.1 Å². The first-order valence-corrected chi connectivity index (χ1v) is 3.87. The van der Waals surface area contributed by atoms with Gasteiger partial charge in [-0.2, -0.15) is 0 Å². The molecule has 0 N–H and O–H groups in total. The Morgan fingerprint density at radius 3 is 2.42 bits per heavy atom. The average Bonchev–Trinajstić information content (AvgIpc) is 2.53. The molecule has 0 aromatic heterocycles. The number of nitrogens with zero attached hydrogens (tertiary/aromatic N) is 3. The van der Waals surface area contributed by atoms with Gasteiger partial charge in [0, 0.05) is 5.56 Å². The highest BCUT2D eigenvalue weighted by Crippen LogP contribution is 2.09. The lowest BCUT2D eigenvalue weighted by Gasteiger charge is -1.95. The second-order valence-corrected chi connectivity index (χ2v) is 2.70. The lowest BCUT2D eigenvalue weighted by molar-refractivity contribution is 1.13. The van der Waals surface area contributed by atoms with Crippen molar-refractivity contribution >= 4 is 22.9 Å². The second kappa shape index (κ2) is 2.91. The molecule has 0 saturated carbocycles.